The van der Waals surface area contributed by atoms with Gasteiger partial charge in [-0.25, -0.2) is 0 Å². The Bertz CT molecular complexity index is 1040. The van der Waals surface area contributed by atoms with Gasteiger partial charge in [0.05, 0.1) is 19.6 Å². The fourth-order valence-electron chi connectivity index (χ4n) is 3.56. The molecular formula is C26H30N2O4S. The largest absolute Gasteiger partial charge is 0.493 e. The van der Waals surface area contributed by atoms with E-state index in [-0.39, 0.29) is 24.3 Å². The number of nitrogens with one attached hydrogen (secondary N) is 1. The molecule has 1 aromatic heterocycles. The van der Waals surface area contributed by atoms with Gasteiger partial charge < -0.3 is 19.7 Å². The Morgan fingerprint density at radius 3 is 2.48 bits per heavy atom. The molecule has 1 N–H and O–H groups in total. The first-order valence-electron chi connectivity index (χ1n) is 10.9. The standard InChI is InChI=1S/C26H30N2O4S/c1-4-28(26(30)16-23(27-19(2)29)21-9-6-5-7-10-21)17-20-12-13-24(25(15-20)31-3)32-18-22-11-8-14-33-22/h5-15,23H,4,16-18H2,1-3H3,(H,27,29). The molecule has 3 rings (SSSR count). The molecule has 1 atom stereocenters. The predicted molar refractivity (Wildman–Crippen MR) is 130 cm³/mol. The predicted octanol–water partition coefficient (Wildman–Crippen LogP) is 4.95. The van der Waals surface area contributed by atoms with Gasteiger partial charge in [0.15, 0.2) is 11.5 Å². The molecule has 1 heterocycles. The summed E-state index contributed by atoms with van der Waals surface area (Å²) in [5, 5.41) is 4.92. The second kappa shape index (κ2) is 12.1. The van der Waals surface area contributed by atoms with Gasteiger partial charge in [-0.2, -0.15) is 0 Å². The van der Waals surface area contributed by atoms with Crippen molar-refractivity contribution in [2.45, 2.75) is 39.5 Å². The van der Waals surface area contributed by atoms with Crippen LogP contribution >= 0.6 is 11.3 Å². The van der Waals surface area contributed by atoms with Crippen LogP contribution in [0.5, 0.6) is 11.5 Å². The lowest BCUT2D eigenvalue weighted by molar-refractivity contribution is -0.132. The van der Waals surface area contributed by atoms with Crippen LogP contribution in [0.4, 0.5) is 0 Å². The third kappa shape index (κ3) is 7.08. The van der Waals surface area contributed by atoms with Crippen molar-refractivity contribution in [1.29, 1.82) is 0 Å². The number of hydrogen-bond donors (Lipinski definition) is 1. The van der Waals surface area contributed by atoms with Crippen molar-refractivity contribution in [3.63, 3.8) is 0 Å². The lowest BCUT2D eigenvalue weighted by Crippen LogP contribution is -2.35. The lowest BCUT2D eigenvalue weighted by Gasteiger charge is -2.25. The average molecular weight is 467 g/mol. The zero-order valence-electron chi connectivity index (χ0n) is 19.2. The first kappa shape index (κ1) is 24.3. The number of hydrogen-bond acceptors (Lipinski definition) is 5. The van der Waals surface area contributed by atoms with Gasteiger partial charge in [-0.1, -0.05) is 42.5 Å². The molecule has 0 aliphatic carbocycles. The highest BCUT2D eigenvalue weighted by molar-refractivity contribution is 7.09. The van der Waals surface area contributed by atoms with E-state index in [1.54, 1.807) is 23.3 Å². The second-order valence-electron chi connectivity index (χ2n) is 7.63. The Kier molecular flexibility index (Phi) is 8.89. The van der Waals surface area contributed by atoms with Gasteiger partial charge in [0.25, 0.3) is 0 Å². The van der Waals surface area contributed by atoms with Crippen LogP contribution in [0, 0.1) is 0 Å². The number of benzene rings is 2. The number of rotatable bonds is 11. The van der Waals surface area contributed by atoms with Gasteiger partial charge in [-0.15, -0.1) is 11.3 Å². The van der Waals surface area contributed by atoms with Crippen LogP contribution in [0.3, 0.4) is 0 Å². The Balaban J connectivity index is 1.68. The molecule has 0 bridgehead atoms. The van der Waals surface area contributed by atoms with Crippen LogP contribution in [0.2, 0.25) is 0 Å². The minimum absolute atomic E-state index is 0.0305. The number of amides is 2. The zero-order valence-corrected chi connectivity index (χ0v) is 20.1. The fourth-order valence-corrected chi connectivity index (χ4v) is 4.17. The van der Waals surface area contributed by atoms with Crippen molar-refractivity contribution in [3.8, 4) is 11.5 Å². The SMILES string of the molecule is CCN(Cc1ccc(OCc2cccs2)c(OC)c1)C(=O)CC(NC(C)=O)c1ccccc1. The number of ether oxygens (including phenoxy) is 2. The first-order valence-corrected chi connectivity index (χ1v) is 11.8. The molecule has 2 aromatic carbocycles. The van der Waals surface area contributed by atoms with Crippen molar-refractivity contribution in [3.05, 3.63) is 82.0 Å². The van der Waals surface area contributed by atoms with E-state index >= 15 is 0 Å². The third-order valence-corrected chi connectivity index (χ3v) is 6.09. The molecule has 0 aliphatic rings. The van der Waals surface area contributed by atoms with E-state index in [9.17, 15) is 9.59 Å². The average Bonchev–Trinajstić information content (AvgIpc) is 3.35. The molecule has 0 fully saturated rings. The van der Waals surface area contributed by atoms with Crippen LogP contribution in [-0.4, -0.2) is 30.4 Å². The minimum Gasteiger partial charge on any atom is -0.493 e. The summed E-state index contributed by atoms with van der Waals surface area (Å²) < 4.78 is 11.4. The van der Waals surface area contributed by atoms with Gasteiger partial charge in [0.1, 0.15) is 6.61 Å². The van der Waals surface area contributed by atoms with Crippen LogP contribution in [0.1, 0.15) is 42.3 Å². The molecule has 0 spiro atoms. The maximum Gasteiger partial charge on any atom is 0.225 e. The van der Waals surface area contributed by atoms with Gasteiger partial charge in [0, 0.05) is 24.9 Å². The number of nitrogens with zero attached hydrogens (tertiary/aromatic N) is 1. The highest BCUT2D eigenvalue weighted by Gasteiger charge is 2.21. The van der Waals surface area contributed by atoms with E-state index in [1.165, 1.54) is 6.92 Å². The third-order valence-electron chi connectivity index (χ3n) is 5.24. The van der Waals surface area contributed by atoms with E-state index < -0.39 is 0 Å². The summed E-state index contributed by atoms with van der Waals surface area (Å²) in [6.45, 7) is 4.89. The summed E-state index contributed by atoms with van der Waals surface area (Å²) in [4.78, 5) is 27.7. The zero-order chi connectivity index (χ0) is 23.6. The summed E-state index contributed by atoms with van der Waals surface area (Å²) in [7, 11) is 1.61. The maximum atomic E-state index is 13.1. The quantitative estimate of drug-likeness (QED) is 0.434. The summed E-state index contributed by atoms with van der Waals surface area (Å²) in [5.74, 6) is 1.10. The molecule has 1 unspecified atom stereocenters. The second-order valence-corrected chi connectivity index (χ2v) is 8.66. The monoisotopic (exact) mass is 466 g/mol. The molecule has 7 heteroatoms. The van der Waals surface area contributed by atoms with Crippen LogP contribution in [-0.2, 0) is 22.7 Å². The van der Waals surface area contributed by atoms with E-state index in [2.05, 4.69) is 5.32 Å². The van der Waals surface area contributed by atoms with E-state index in [0.29, 0.717) is 31.2 Å². The van der Waals surface area contributed by atoms with Gasteiger partial charge in [0.2, 0.25) is 11.8 Å². The fraction of sp³-hybridized carbons (Fsp3) is 0.308. The van der Waals surface area contributed by atoms with Gasteiger partial charge in [-0.05, 0) is 41.6 Å². The highest BCUT2D eigenvalue weighted by atomic mass is 32.1. The maximum absolute atomic E-state index is 13.1. The van der Waals surface area contributed by atoms with Crippen molar-refractivity contribution >= 4 is 23.2 Å². The van der Waals surface area contributed by atoms with Crippen molar-refractivity contribution in [1.82, 2.24) is 10.2 Å². The minimum atomic E-state index is -0.368. The van der Waals surface area contributed by atoms with Crippen LogP contribution in [0.25, 0.3) is 0 Å². The lowest BCUT2D eigenvalue weighted by atomic mass is 10.0. The van der Waals surface area contributed by atoms with E-state index in [4.69, 9.17) is 9.47 Å². The smallest absolute Gasteiger partial charge is 0.225 e. The number of methoxy groups -OCH3 is 1. The Hall–Kier alpha value is -3.32. The van der Waals surface area contributed by atoms with Crippen molar-refractivity contribution < 1.29 is 19.1 Å². The normalized spacial score (nSPS) is 11.5. The van der Waals surface area contributed by atoms with Crippen LogP contribution in [0.15, 0.2) is 66.0 Å². The van der Waals surface area contributed by atoms with E-state index in [1.807, 2.05) is 73.0 Å². The van der Waals surface area contributed by atoms with Crippen molar-refractivity contribution in [2.75, 3.05) is 13.7 Å². The summed E-state index contributed by atoms with van der Waals surface area (Å²) in [6, 6.07) is 18.9. The molecule has 0 radical (unpaired) electrons. The molecule has 174 valence electrons. The Morgan fingerprint density at radius 2 is 1.85 bits per heavy atom. The van der Waals surface area contributed by atoms with Crippen LogP contribution < -0.4 is 14.8 Å². The molecule has 0 saturated heterocycles. The number of carbonyl (C=O) groups is 2. The molecule has 0 aliphatic heterocycles. The number of thiophene rings is 1. The summed E-state index contributed by atoms with van der Waals surface area (Å²) in [6.07, 6.45) is 0.191. The Labute approximate surface area is 199 Å². The summed E-state index contributed by atoms with van der Waals surface area (Å²) >= 11 is 1.64. The van der Waals surface area contributed by atoms with Gasteiger partial charge >= 0.3 is 0 Å². The van der Waals surface area contributed by atoms with Gasteiger partial charge in [-0.3, -0.25) is 9.59 Å². The highest BCUT2D eigenvalue weighted by Crippen LogP contribution is 2.30. The molecule has 6 nitrogen and oxygen atoms in total. The van der Waals surface area contributed by atoms with Crippen molar-refractivity contribution in [2.24, 2.45) is 0 Å². The van der Waals surface area contributed by atoms with E-state index in [0.717, 1.165) is 16.0 Å². The molecular weight excluding hydrogens is 436 g/mol. The topological polar surface area (TPSA) is 67.9 Å². The molecule has 3 aromatic rings. The molecule has 33 heavy (non-hydrogen) atoms. The molecule has 2 amide bonds. The summed E-state index contributed by atoms with van der Waals surface area (Å²) in [5.41, 5.74) is 1.85. The molecule has 0 saturated carbocycles. The Morgan fingerprint density at radius 1 is 1.06 bits per heavy atom. The number of carbonyl (C=O) groups excluding carboxylic acids is 2. The first-order chi connectivity index (χ1) is 16.0.